The number of nitrogens with one attached hydrogen (secondary N) is 2. The van der Waals surface area contributed by atoms with Gasteiger partial charge in [0.1, 0.15) is 0 Å². The van der Waals surface area contributed by atoms with E-state index in [1.807, 2.05) is 31.2 Å². The molecule has 0 unspecified atom stereocenters. The molecule has 2 amide bonds. The minimum Gasteiger partial charge on any atom is -0.338 e. The molecule has 4 N–H and O–H groups in total. The summed E-state index contributed by atoms with van der Waals surface area (Å²) in [6, 6.07) is 7.77. The largest absolute Gasteiger partial charge is 0.338 e. The van der Waals surface area contributed by atoms with Gasteiger partial charge in [-0.2, -0.15) is 0 Å². The molecular weight excluding hydrogens is 202 g/mol. The molecule has 0 aliphatic rings. The van der Waals surface area contributed by atoms with Crippen molar-refractivity contribution in [3.8, 4) is 0 Å². The molecule has 0 aliphatic heterocycles. The van der Waals surface area contributed by atoms with E-state index in [1.165, 1.54) is 0 Å². The van der Waals surface area contributed by atoms with E-state index in [0.29, 0.717) is 19.6 Å². The predicted octanol–water partition coefficient (Wildman–Crippen LogP) is 1.35. The zero-order valence-corrected chi connectivity index (χ0v) is 9.62. The molecule has 0 fully saturated rings. The maximum atomic E-state index is 11.3. The summed E-state index contributed by atoms with van der Waals surface area (Å²) in [6.45, 7) is 3.81. The van der Waals surface area contributed by atoms with Gasteiger partial charge in [-0.15, -0.1) is 0 Å². The van der Waals surface area contributed by atoms with E-state index in [4.69, 9.17) is 5.73 Å². The van der Waals surface area contributed by atoms with Crippen LogP contribution in [0.2, 0.25) is 0 Å². The highest BCUT2D eigenvalue weighted by Gasteiger charge is 1.98. The first-order chi connectivity index (χ1) is 7.76. The molecule has 0 saturated carbocycles. The normalized spacial score (nSPS) is 9.88. The molecule has 4 nitrogen and oxygen atoms in total. The standard InChI is InChI=1S/C12H19N3O/c1-2-7-14-12(16)15-9-11-5-3-10(8-13)4-6-11/h3-6H,2,7-9,13H2,1H3,(H2,14,15,16). The molecule has 0 aliphatic carbocycles. The lowest BCUT2D eigenvalue weighted by molar-refractivity contribution is 0.240. The molecule has 0 saturated heterocycles. The summed E-state index contributed by atoms with van der Waals surface area (Å²) < 4.78 is 0. The number of nitrogens with two attached hydrogens (primary N) is 1. The van der Waals surface area contributed by atoms with Crippen LogP contribution in [0.25, 0.3) is 0 Å². The maximum absolute atomic E-state index is 11.3. The van der Waals surface area contributed by atoms with E-state index in [1.54, 1.807) is 0 Å². The first-order valence-electron chi connectivity index (χ1n) is 5.56. The Bertz CT molecular complexity index is 322. The number of carbonyl (C=O) groups excluding carboxylic acids is 1. The molecule has 1 rings (SSSR count). The Morgan fingerprint density at radius 2 is 1.81 bits per heavy atom. The van der Waals surface area contributed by atoms with Crippen molar-refractivity contribution in [1.29, 1.82) is 0 Å². The number of benzene rings is 1. The van der Waals surface area contributed by atoms with Crippen LogP contribution in [0.4, 0.5) is 4.79 Å². The third kappa shape index (κ3) is 4.31. The second-order valence-corrected chi connectivity index (χ2v) is 3.63. The SMILES string of the molecule is CCCNC(=O)NCc1ccc(CN)cc1. The molecule has 0 bridgehead atoms. The summed E-state index contributed by atoms with van der Waals surface area (Å²) in [5.41, 5.74) is 7.67. The fourth-order valence-corrected chi connectivity index (χ4v) is 1.28. The molecule has 16 heavy (non-hydrogen) atoms. The van der Waals surface area contributed by atoms with Gasteiger partial charge in [0.05, 0.1) is 0 Å². The number of hydrogen-bond donors (Lipinski definition) is 3. The van der Waals surface area contributed by atoms with Crippen LogP contribution in [0.3, 0.4) is 0 Å². The molecule has 0 spiro atoms. The summed E-state index contributed by atoms with van der Waals surface area (Å²) in [5, 5.41) is 5.55. The zero-order chi connectivity index (χ0) is 11.8. The Morgan fingerprint density at radius 3 is 2.38 bits per heavy atom. The molecule has 88 valence electrons. The van der Waals surface area contributed by atoms with Gasteiger partial charge in [0.2, 0.25) is 0 Å². The predicted molar refractivity (Wildman–Crippen MR) is 64.9 cm³/mol. The third-order valence-corrected chi connectivity index (χ3v) is 2.25. The molecular formula is C12H19N3O. The van der Waals surface area contributed by atoms with Crippen molar-refractivity contribution >= 4 is 6.03 Å². The van der Waals surface area contributed by atoms with Crippen LogP contribution in [0.1, 0.15) is 24.5 Å². The van der Waals surface area contributed by atoms with Gasteiger partial charge in [-0.1, -0.05) is 31.2 Å². The summed E-state index contributed by atoms with van der Waals surface area (Å²) in [5.74, 6) is 0. The Kier molecular flexibility index (Phi) is 5.36. The lowest BCUT2D eigenvalue weighted by atomic mass is 10.1. The van der Waals surface area contributed by atoms with Crippen LogP contribution < -0.4 is 16.4 Å². The molecule has 1 aromatic rings. The molecule has 4 heteroatoms. The topological polar surface area (TPSA) is 67.2 Å². The Morgan fingerprint density at radius 1 is 1.19 bits per heavy atom. The van der Waals surface area contributed by atoms with Crippen molar-refractivity contribution in [2.45, 2.75) is 26.4 Å². The van der Waals surface area contributed by atoms with E-state index in [9.17, 15) is 4.79 Å². The van der Waals surface area contributed by atoms with Gasteiger partial charge < -0.3 is 16.4 Å². The van der Waals surface area contributed by atoms with Gasteiger partial charge >= 0.3 is 6.03 Å². The van der Waals surface area contributed by atoms with Gasteiger partial charge in [-0.25, -0.2) is 4.79 Å². The summed E-state index contributed by atoms with van der Waals surface area (Å²) in [6.07, 6.45) is 0.943. The Hall–Kier alpha value is -1.55. The van der Waals surface area contributed by atoms with E-state index < -0.39 is 0 Å². The highest BCUT2D eigenvalue weighted by atomic mass is 16.2. The molecule has 0 atom stereocenters. The number of rotatable bonds is 5. The highest BCUT2D eigenvalue weighted by molar-refractivity contribution is 5.73. The van der Waals surface area contributed by atoms with Crippen LogP contribution in [0.5, 0.6) is 0 Å². The minimum absolute atomic E-state index is 0.121. The number of hydrogen-bond acceptors (Lipinski definition) is 2. The fraction of sp³-hybridized carbons (Fsp3) is 0.417. The van der Waals surface area contributed by atoms with Gasteiger partial charge in [0.15, 0.2) is 0 Å². The lowest BCUT2D eigenvalue weighted by Gasteiger charge is -2.07. The van der Waals surface area contributed by atoms with Crippen molar-refractivity contribution in [2.24, 2.45) is 5.73 Å². The Labute approximate surface area is 96.2 Å². The van der Waals surface area contributed by atoms with Crippen molar-refractivity contribution in [3.63, 3.8) is 0 Å². The maximum Gasteiger partial charge on any atom is 0.315 e. The van der Waals surface area contributed by atoms with E-state index in [2.05, 4.69) is 10.6 Å². The van der Waals surface area contributed by atoms with Gasteiger partial charge in [-0.05, 0) is 17.5 Å². The van der Waals surface area contributed by atoms with Gasteiger partial charge in [0, 0.05) is 19.6 Å². The van der Waals surface area contributed by atoms with Crippen LogP contribution in [0.15, 0.2) is 24.3 Å². The third-order valence-electron chi connectivity index (χ3n) is 2.25. The van der Waals surface area contributed by atoms with Crippen molar-refractivity contribution in [3.05, 3.63) is 35.4 Å². The quantitative estimate of drug-likeness (QED) is 0.702. The summed E-state index contributed by atoms with van der Waals surface area (Å²) in [4.78, 5) is 11.3. The van der Waals surface area contributed by atoms with Crippen molar-refractivity contribution in [1.82, 2.24) is 10.6 Å². The van der Waals surface area contributed by atoms with Gasteiger partial charge in [0.25, 0.3) is 0 Å². The molecule has 0 heterocycles. The smallest absolute Gasteiger partial charge is 0.315 e. The zero-order valence-electron chi connectivity index (χ0n) is 9.62. The average Bonchev–Trinajstić information content (AvgIpc) is 2.34. The average molecular weight is 221 g/mol. The number of urea groups is 1. The molecule has 0 aromatic heterocycles. The second-order valence-electron chi connectivity index (χ2n) is 3.63. The Balaban J connectivity index is 2.33. The summed E-state index contributed by atoms with van der Waals surface area (Å²) in [7, 11) is 0. The van der Waals surface area contributed by atoms with Crippen LogP contribution in [-0.4, -0.2) is 12.6 Å². The fourth-order valence-electron chi connectivity index (χ4n) is 1.28. The lowest BCUT2D eigenvalue weighted by Crippen LogP contribution is -2.35. The van der Waals surface area contributed by atoms with Gasteiger partial charge in [-0.3, -0.25) is 0 Å². The van der Waals surface area contributed by atoms with Crippen LogP contribution >= 0.6 is 0 Å². The van der Waals surface area contributed by atoms with E-state index in [0.717, 1.165) is 17.5 Å². The van der Waals surface area contributed by atoms with Crippen molar-refractivity contribution in [2.75, 3.05) is 6.54 Å². The minimum atomic E-state index is -0.121. The second kappa shape index (κ2) is 6.85. The monoisotopic (exact) mass is 221 g/mol. The van der Waals surface area contributed by atoms with Crippen LogP contribution in [-0.2, 0) is 13.1 Å². The first-order valence-corrected chi connectivity index (χ1v) is 5.56. The first kappa shape index (κ1) is 12.5. The molecule has 1 aromatic carbocycles. The van der Waals surface area contributed by atoms with Crippen LogP contribution in [0, 0.1) is 0 Å². The number of amides is 2. The summed E-state index contributed by atoms with van der Waals surface area (Å²) >= 11 is 0. The highest BCUT2D eigenvalue weighted by Crippen LogP contribution is 2.03. The number of carbonyl (C=O) groups is 1. The van der Waals surface area contributed by atoms with Crippen molar-refractivity contribution < 1.29 is 4.79 Å². The van der Waals surface area contributed by atoms with E-state index in [-0.39, 0.29) is 6.03 Å². The molecule has 0 radical (unpaired) electrons. The van der Waals surface area contributed by atoms with E-state index >= 15 is 0 Å².